The van der Waals surface area contributed by atoms with Crippen molar-refractivity contribution in [2.24, 2.45) is 0 Å². The van der Waals surface area contributed by atoms with Gasteiger partial charge in [-0.05, 0) is 56.0 Å². The van der Waals surface area contributed by atoms with E-state index in [9.17, 15) is 9.50 Å². The first-order valence-corrected chi connectivity index (χ1v) is 9.24. The number of aliphatic hydroxyl groups is 1. The van der Waals surface area contributed by atoms with E-state index in [1.165, 1.54) is 6.07 Å². The number of aryl methyl sites for hydroxylation is 1. The number of aromatic amines is 1. The number of rotatable bonds is 4. The van der Waals surface area contributed by atoms with Crippen molar-refractivity contribution >= 4 is 28.6 Å². The second kappa shape index (κ2) is 8.70. The Balaban J connectivity index is 0.000000755. The third kappa shape index (κ3) is 3.90. The van der Waals surface area contributed by atoms with Crippen LogP contribution in [0.2, 0.25) is 0 Å². The van der Waals surface area contributed by atoms with Crippen molar-refractivity contribution in [3.63, 3.8) is 0 Å². The molecule has 1 aromatic heterocycles. The van der Waals surface area contributed by atoms with Crippen LogP contribution in [0.25, 0.3) is 10.9 Å². The molecule has 3 aromatic rings. The summed E-state index contributed by atoms with van der Waals surface area (Å²) in [7, 11) is 0. The number of nitriles is 1. The van der Waals surface area contributed by atoms with Crippen LogP contribution in [0.4, 0.5) is 15.9 Å². The van der Waals surface area contributed by atoms with Crippen LogP contribution in [0.3, 0.4) is 0 Å². The van der Waals surface area contributed by atoms with Crippen LogP contribution in [0, 0.1) is 24.1 Å². The summed E-state index contributed by atoms with van der Waals surface area (Å²) in [4.78, 5) is 21.8. The van der Waals surface area contributed by atoms with Crippen molar-refractivity contribution < 1.29 is 19.1 Å². The average Bonchev–Trinajstić information content (AvgIpc) is 3.00. The van der Waals surface area contributed by atoms with Crippen LogP contribution < -0.4 is 4.90 Å². The van der Waals surface area contributed by atoms with Crippen molar-refractivity contribution in [1.82, 2.24) is 4.98 Å². The van der Waals surface area contributed by atoms with Gasteiger partial charge in [-0.2, -0.15) is 14.9 Å². The van der Waals surface area contributed by atoms with Gasteiger partial charge < -0.3 is 15.0 Å². The van der Waals surface area contributed by atoms with Gasteiger partial charge in [0.05, 0.1) is 18.2 Å². The minimum atomic E-state index is -0.394. The molecule has 0 atom stereocenters. The number of hydrogen-bond acceptors (Lipinski definition) is 5. The van der Waals surface area contributed by atoms with E-state index in [2.05, 4.69) is 16.0 Å². The molecular weight excluding hydrogens is 373 g/mol. The molecule has 1 heterocycles. The largest absolute Gasteiger partial charge is 0.392 e. The van der Waals surface area contributed by atoms with Gasteiger partial charge in [0, 0.05) is 28.2 Å². The molecule has 0 amide bonds. The zero-order valence-electron chi connectivity index (χ0n) is 15.9. The quantitative estimate of drug-likeness (QED) is 0.696. The summed E-state index contributed by atoms with van der Waals surface area (Å²) in [5.74, 6) is 0.547. The number of carbonyl (C=O) groups excluding carboxylic acids is 2. The lowest BCUT2D eigenvalue weighted by molar-refractivity contribution is -0.191. The smallest absolute Gasteiger partial charge is 0.373 e. The average molecular weight is 393 g/mol. The highest BCUT2D eigenvalue weighted by Crippen LogP contribution is 2.40. The maximum absolute atomic E-state index is 14.3. The van der Waals surface area contributed by atoms with E-state index in [-0.39, 0.29) is 12.8 Å². The van der Waals surface area contributed by atoms with Gasteiger partial charge in [-0.3, -0.25) is 0 Å². The Kier molecular flexibility index (Phi) is 6.08. The highest BCUT2D eigenvalue weighted by atomic mass is 19.1. The lowest BCUT2D eigenvalue weighted by atomic mass is 9.90. The molecule has 0 saturated heterocycles. The third-order valence-electron chi connectivity index (χ3n) is 5.33. The van der Waals surface area contributed by atoms with Crippen molar-refractivity contribution in [1.29, 1.82) is 5.26 Å². The third-order valence-corrected chi connectivity index (χ3v) is 5.33. The summed E-state index contributed by atoms with van der Waals surface area (Å²) < 4.78 is 14.3. The van der Waals surface area contributed by atoms with Gasteiger partial charge in [-0.15, -0.1) is 0 Å². The zero-order valence-corrected chi connectivity index (χ0v) is 15.9. The summed E-state index contributed by atoms with van der Waals surface area (Å²) in [5.41, 5.74) is 3.68. The first kappa shape index (κ1) is 20.3. The van der Waals surface area contributed by atoms with Crippen molar-refractivity contribution in [3.05, 3.63) is 58.9 Å². The van der Waals surface area contributed by atoms with Gasteiger partial charge in [-0.1, -0.05) is 12.1 Å². The zero-order chi connectivity index (χ0) is 21.0. The van der Waals surface area contributed by atoms with Crippen LogP contribution in [-0.4, -0.2) is 22.3 Å². The van der Waals surface area contributed by atoms with E-state index in [0.29, 0.717) is 17.2 Å². The predicted molar refractivity (Wildman–Crippen MR) is 105 cm³/mol. The van der Waals surface area contributed by atoms with E-state index in [1.54, 1.807) is 6.07 Å². The summed E-state index contributed by atoms with van der Waals surface area (Å²) in [6, 6.07) is 13.1. The van der Waals surface area contributed by atoms with Gasteiger partial charge in [-0.25, -0.2) is 4.39 Å². The first-order chi connectivity index (χ1) is 14.0. The number of aromatic nitrogens is 1. The molecule has 29 heavy (non-hydrogen) atoms. The topological polar surface area (TPSA) is 97.2 Å². The first-order valence-electron chi connectivity index (χ1n) is 9.24. The molecule has 2 N–H and O–H groups in total. The molecule has 7 heteroatoms. The number of nitrogens with zero attached hydrogens (tertiary/aromatic N) is 2. The summed E-state index contributed by atoms with van der Waals surface area (Å²) in [5, 5.41) is 19.4. The fraction of sp³-hybridized carbons (Fsp3) is 0.273. The van der Waals surface area contributed by atoms with Crippen LogP contribution >= 0.6 is 0 Å². The number of hydrogen-bond donors (Lipinski definition) is 2. The lowest BCUT2D eigenvalue weighted by Crippen LogP contribution is -2.37. The fourth-order valence-electron chi connectivity index (χ4n) is 3.62. The normalized spacial score (nSPS) is 13.0. The summed E-state index contributed by atoms with van der Waals surface area (Å²) in [6.07, 6.45) is 3.53. The molecule has 1 saturated carbocycles. The van der Waals surface area contributed by atoms with E-state index >= 15 is 0 Å². The van der Waals surface area contributed by atoms with Crippen LogP contribution in [0.15, 0.2) is 36.4 Å². The number of aliphatic hydroxyl groups excluding tert-OH is 1. The maximum Gasteiger partial charge on any atom is 0.373 e. The van der Waals surface area contributed by atoms with Gasteiger partial charge in [0.15, 0.2) is 0 Å². The highest BCUT2D eigenvalue weighted by molar-refractivity contribution is 5.91. The molecule has 0 aliphatic heterocycles. The van der Waals surface area contributed by atoms with Crippen molar-refractivity contribution in [2.75, 3.05) is 4.90 Å². The second-order valence-electron chi connectivity index (χ2n) is 6.94. The highest BCUT2D eigenvalue weighted by Gasteiger charge is 2.29. The second-order valence-corrected chi connectivity index (χ2v) is 6.94. The molecule has 0 unspecified atom stereocenters. The number of benzene rings is 2. The molecule has 0 radical (unpaired) electrons. The Hall–Kier alpha value is -3.46. The number of nitrogens with one attached hydrogen (secondary N) is 1. The molecule has 4 rings (SSSR count). The molecule has 1 aliphatic rings. The molecule has 2 aromatic carbocycles. The van der Waals surface area contributed by atoms with E-state index in [1.807, 2.05) is 31.2 Å². The van der Waals surface area contributed by atoms with Crippen LogP contribution in [0.1, 0.15) is 36.0 Å². The monoisotopic (exact) mass is 393 g/mol. The van der Waals surface area contributed by atoms with E-state index in [4.69, 9.17) is 14.9 Å². The van der Waals surface area contributed by atoms with E-state index in [0.717, 1.165) is 47.2 Å². The fourth-order valence-corrected chi connectivity index (χ4v) is 3.62. The minimum Gasteiger partial charge on any atom is -0.392 e. The van der Waals surface area contributed by atoms with E-state index < -0.39 is 5.82 Å². The molecule has 148 valence electrons. The van der Waals surface area contributed by atoms with Crippen LogP contribution in [0.5, 0.6) is 0 Å². The molecule has 0 spiro atoms. The Morgan fingerprint density at radius 1 is 1.24 bits per heavy atom. The van der Waals surface area contributed by atoms with Gasteiger partial charge in [0.2, 0.25) is 0 Å². The Bertz CT molecular complexity index is 1110. The number of H-pyrrole nitrogens is 1. The van der Waals surface area contributed by atoms with Crippen molar-refractivity contribution in [2.45, 2.75) is 38.8 Å². The number of halogens is 1. The molecule has 1 aliphatic carbocycles. The molecule has 0 bridgehead atoms. The van der Waals surface area contributed by atoms with Gasteiger partial charge in [0.25, 0.3) is 0 Å². The lowest BCUT2D eigenvalue weighted by Gasteiger charge is -2.39. The minimum absolute atomic E-state index is 0.250. The molecular formula is C22H20FN3O3. The number of anilines is 2. The molecule has 1 fully saturated rings. The summed E-state index contributed by atoms with van der Waals surface area (Å²) in [6.45, 7) is 1.74. The van der Waals surface area contributed by atoms with Gasteiger partial charge in [0.1, 0.15) is 11.6 Å². The number of fused-ring (bicyclic) bond motifs is 1. The molecule has 6 nitrogen and oxygen atoms in total. The standard InChI is InChI=1S/C21H20FN3O.CO2/c1-13-18-8-5-14(11-23)9-20(18)24-21(13)25(16-3-2-4-16)17-7-6-15(12-26)19(22)10-17;2-1-3/h5-10,16,24,26H,2-4,12H2,1H3;. The predicted octanol–water partition coefficient (Wildman–Crippen LogP) is 4.09. The maximum atomic E-state index is 14.3. The SMILES string of the molecule is Cc1c(N(c2ccc(CO)c(F)c2)C2CCC2)[nH]c2cc(C#N)ccc12.O=C=O. The van der Waals surface area contributed by atoms with Gasteiger partial charge >= 0.3 is 6.15 Å². The Morgan fingerprint density at radius 3 is 2.52 bits per heavy atom. The van der Waals surface area contributed by atoms with Crippen LogP contribution in [-0.2, 0) is 16.2 Å². The Labute approximate surface area is 167 Å². The van der Waals surface area contributed by atoms with Crippen molar-refractivity contribution in [3.8, 4) is 6.07 Å². The summed E-state index contributed by atoms with van der Waals surface area (Å²) >= 11 is 0. The Morgan fingerprint density at radius 2 is 1.97 bits per heavy atom.